The van der Waals surface area contributed by atoms with E-state index in [1.54, 1.807) is 0 Å². The second-order valence-electron chi connectivity index (χ2n) is 4.74. The summed E-state index contributed by atoms with van der Waals surface area (Å²) in [5.41, 5.74) is 7.26. The Morgan fingerprint density at radius 1 is 1.26 bits per heavy atom. The molecule has 1 heterocycles. The van der Waals surface area contributed by atoms with Crippen LogP contribution in [0, 0.1) is 0 Å². The van der Waals surface area contributed by atoms with Crippen LogP contribution in [0.5, 0.6) is 0 Å². The Kier molecular flexibility index (Phi) is 3.25. The van der Waals surface area contributed by atoms with Crippen molar-refractivity contribution in [2.75, 3.05) is 11.4 Å². The lowest BCUT2D eigenvalue weighted by atomic mass is 10.3. The molecule has 0 saturated heterocycles. The molecule has 0 unspecified atom stereocenters. The molecular weight excluding hydrogens is 258 g/mol. The summed E-state index contributed by atoms with van der Waals surface area (Å²) in [7, 11) is 0. The predicted octanol–water partition coefficient (Wildman–Crippen LogP) is 1.67. The molecule has 2 aromatic rings. The number of para-hydroxylation sites is 1. The van der Waals surface area contributed by atoms with Crippen LogP contribution in [-0.4, -0.2) is 32.8 Å². The first-order chi connectivity index (χ1) is 9.24. The highest BCUT2D eigenvalue weighted by molar-refractivity contribution is 7.80. The van der Waals surface area contributed by atoms with Gasteiger partial charge >= 0.3 is 0 Å². The van der Waals surface area contributed by atoms with Crippen LogP contribution in [-0.2, 0) is 0 Å². The number of nitrogens with two attached hydrogens (primary N) is 1. The largest absolute Gasteiger partial charge is 0.393 e. The molecule has 98 valence electrons. The Hall–Kier alpha value is -1.82. The van der Waals surface area contributed by atoms with Gasteiger partial charge in [-0.05, 0) is 25.0 Å². The van der Waals surface area contributed by atoms with Crippen molar-refractivity contribution in [3.8, 4) is 0 Å². The molecule has 0 radical (unpaired) electrons. The van der Waals surface area contributed by atoms with Crippen LogP contribution < -0.4 is 10.6 Å². The summed E-state index contributed by atoms with van der Waals surface area (Å²) in [6.45, 7) is 0.764. The van der Waals surface area contributed by atoms with E-state index in [1.807, 2.05) is 24.3 Å². The second kappa shape index (κ2) is 5.05. The monoisotopic (exact) mass is 273 g/mol. The standard InChI is InChI=1S/C13H15N5S/c14-12(19)7-8-18(9-5-6-9)13-15-10-3-1-2-4-11(10)16-17-13/h1-4,9H,5-8H2,(H2,14,19). The van der Waals surface area contributed by atoms with Gasteiger partial charge in [0.1, 0.15) is 5.52 Å². The minimum atomic E-state index is 0.511. The quantitative estimate of drug-likeness (QED) is 0.836. The highest BCUT2D eigenvalue weighted by Crippen LogP contribution is 2.30. The summed E-state index contributed by atoms with van der Waals surface area (Å²) in [5.74, 6) is 0.678. The minimum absolute atomic E-state index is 0.511. The van der Waals surface area contributed by atoms with Crippen molar-refractivity contribution in [1.82, 2.24) is 15.2 Å². The number of benzene rings is 1. The molecule has 3 rings (SSSR count). The Morgan fingerprint density at radius 2 is 2.00 bits per heavy atom. The third-order valence-corrected chi connectivity index (χ3v) is 3.40. The molecule has 1 aromatic heterocycles. The van der Waals surface area contributed by atoms with E-state index in [-0.39, 0.29) is 0 Å². The Bertz CT molecular complexity index is 611. The number of fused-ring (bicyclic) bond motifs is 1. The van der Waals surface area contributed by atoms with Gasteiger partial charge in [0, 0.05) is 19.0 Å². The van der Waals surface area contributed by atoms with E-state index in [0.29, 0.717) is 23.4 Å². The fourth-order valence-corrected chi connectivity index (χ4v) is 2.15. The second-order valence-corrected chi connectivity index (χ2v) is 5.27. The molecule has 1 fully saturated rings. The number of aromatic nitrogens is 3. The molecule has 1 saturated carbocycles. The van der Waals surface area contributed by atoms with Crippen LogP contribution in [0.25, 0.3) is 11.0 Å². The molecule has 2 N–H and O–H groups in total. The molecule has 6 heteroatoms. The predicted molar refractivity (Wildman–Crippen MR) is 79.1 cm³/mol. The normalized spacial score (nSPS) is 14.5. The molecule has 1 aliphatic rings. The van der Waals surface area contributed by atoms with Gasteiger partial charge in [-0.25, -0.2) is 4.98 Å². The number of rotatable bonds is 5. The first-order valence-corrected chi connectivity index (χ1v) is 6.79. The van der Waals surface area contributed by atoms with Gasteiger partial charge < -0.3 is 10.6 Å². The van der Waals surface area contributed by atoms with Gasteiger partial charge in [0.05, 0.1) is 10.5 Å². The molecule has 0 bridgehead atoms. The van der Waals surface area contributed by atoms with Gasteiger partial charge in [0.15, 0.2) is 0 Å². The lowest BCUT2D eigenvalue weighted by Crippen LogP contribution is -2.31. The van der Waals surface area contributed by atoms with Crippen molar-refractivity contribution >= 4 is 34.2 Å². The van der Waals surface area contributed by atoms with Crippen molar-refractivity contribution in [2.24, 2.45) is 5.73 Å². The van der Waals surface area contributed by atoms with Crippen molar-refractivity contribution in [3.63, 3.8) is 0 Å². The third-order valence-electron chi connectivity index (χ3n) is 3.19. The molecule has 19 heavy (non-hydrogen) atoms. The van der Waals surface area contributed by atoms with Crippen molar-refractivity contribution < 1.29 is 0 Å². The fourth-order valence-electron chi connectivity index (χ4n) is 2.06. The van der Waals surface area contributed by atoms with E-state index in [2.05, 4.69) is 20.1 Å². The number of nitrogens with zero attached hydrogens (tertiary/aromatic N) is 4. The van der Waals surface area contributed by atoms with Crippen LogP contribution in [0.2, 0.25) is 0 Å². The molecule has 5 nitrogen and oxygen atoms in total. The SMILES string of the molecule is NC(=S)CCN(c1nnc2ccccc2n1)C1CC1. The lowest BCUT2D eigenvalue weighted by Gasteiger charge is -2.21. The molecule has 0 amide bonds. The Balaban J connectivity index is 1.88. The highest BCUT2D eigenvalue weighted by atomic mass is 32.1. The molecule has 0 atom stereocenters. The maximum absolute atomic E-state index is 5.58. The Labute approximate surface area is 116 Å². The molecule has 0 spiro atoms. The van der Waals surface area contributed by atoms with Crippen LogP contribution >= 0.6 is 12.2 Å². The van der Waals surface area contributed by atoms with Crippen molar-refractivity contribution in [2.45, 2.75) is 25.3 Å². The van der Waals surface area contributed by atoms with Gasteiger partial charge in [0.2, 0.25) is 5.95 Å². The first kappa shape index (κ1) is 12.2. The minimum Gasteiger partial charge on any atom is -0.393 e. The van der Waals surface area contributed by atoms with E-state index < -0.39 is 0 Å². The summed E-state index contributed by atoms with van der Waals surface area (Å²) in [6, 6.07) is 8.26. The molecule has 1 aromatic carbocycles. The van der Waals surface area contributed by atoms with E-state index in [4.69, 9.17) is 18.0 Å². The molecule has 0 aliphatic heterocycles. The molecular formula is C13H15N5S. The fraction of sp³-hybridized carbons (Fsp3) is 0.385. The average molecular weight is 273 g/mol. The smallest absolute Gasteiger partial charge is 0.246 e. The van der Waals surface area contributed by atoms with E-state index in [0.717, 1.165) is 17.6 Å². The maximum atomic E-state index is 5.58. The van der Waals surface area contributed by atoms with Crippen LogP contribution in [0.3, 0.4) is 0 Å². The van der Waals surface area contributed by atoms with Crippen LogP contribution in [0.1, 0.15) is 19.3 Å². The Morgan fingerprint density at radius 3 is 2.68 bits per heavy atom. The van der Waals surface area contributed by atoms with Gasteiger partial charge in [0.25, 0.3) is 0 Å². The topological polar surface area (TPSA) is 67.9 Å². The van der Waals surface area contributed by atoms with Crippen LogP contribution in [0.15, 0.2) is 24.3 Å². The highest BCUT2D eigenvalue weighted by Gasteiger charge is 2.31. The summed E-state index contributed by atoms with van der Waals surface area (Å²) in [4.78, 5) is 7.28. The zero-order chi connectivity index (χ0) is 13.2. The van der Waals surface area contributed by atoms with E-state index in [9.17, 15) is 0 Å². The third kappa shape index (κ3) is 2.78. The van der Waals surface area contributed by atoms with Crippen LogP contribution in [0.4, 0.5) is 5.95 Å². The summed E-state index contributed by atoms with van der Waals surface area (Å²) >= 11 is 4.94. The number of thiocarbonyl (C=S) groups is 1. The van der Waals surface area contributed by atoms with Crippen molar-refractivity contribution in [1.29, 1.82) is 0 Å². The summed E-state index contributed by atoms with van der Waals surface area (Å²) in [5, 5.41) is 8.45. The summed E-state index contributed by atoms with van der Waals surface area (Å²) in [6.07, 6.45) is 3.03. The van der Waals surface area contributed by atoms with Gasteiger partial charge in [-0.1, -0.05) is 24.4 Å². The maximum Gasteiger partial charge on any atom is 0.246 e. The summed E-state index contributed by atoms with van der Waals surface area (Å²) < 4.78 is 0. The first-order valence-electron chi connectivity index (χ1n) is 6.38. The van der Waals surface area contributed by atoms with E-state index >= 15 is 0 Å². The van der Waals surface area contributed by atoms with Crippen molar-refractivity contribution in [3.05, 3.63) is 24.3 Å². The number of hydrogen-bond acceptors (Lipinski definition) is 5. The number of hydrogen-bond donors (Lipinski definition) is 1. The average Bonchev–Trinajstić information content (AvgIpc) is 3.23. The van der Waals surface area contributed by atoms with E-state index in [1.165, 1.54) is 12.8 Å². The van der Waals surface area contributed by atoms with Gasteiger partial charge in [-0.15, -0.1) is 10.2 Å². The lowest BCUT2D eigenvalue weighted by molar-refractivity contribution is 0.756. The zero-order valence-corrected chi connectivity index (χ0v) is 11.3. The zero-order valence-electron chi connectivity index (χ0n) is 10.5. The van der Waals surface area contributed by atoms with Gasteiger partial charge in [-0.2, -0.15) is 0 Å². The molecule has 1 aliphatic carbocycles. The van der Waals surface area contributed by atoms with Gasteiger partial charge in [-0.3, -0.25) is 0 Å². The number of anilines is 1.